The van der Waals surface area contributed by atoms with Gasteiger partial charge >= 0.3 is 0 Å². The number of nitrogens with zero attached hydrogens (tertiary/aromatic N) is 1. The van der Waals surface area contributed by atoms with Crippen molar-refractivity contribution in [1.29, 1.82) is 0 Å². The highest BCUT2D eigenvalue weighted by Crippen LogP contribution is 2.44. The van der Waals surface area contributed by atoms with Crippen molar-refractivity contribution in [2.45, 2.75) is 18.4 Å². The highest BCUT2D eigenvalue weighted by atomic mass is 16.3. The third kappa shape index (κ3) is 0.859. The number of fused-ring (bicyclic) bond motifs is 2. The van der Waals surface area contributed by atoms with Gasteiger partial charge in [0.15, 0.2) is 0 Å². The van der Waals surface area contributed by atoms with Gasteiger partial charge in [-0.25, -0.2) is 0 Å². The van der Waals surface area contributed by atoms with Crippen LogP contribution in [-0.2, 0) is 0 Å². The Morgan fingerprint density at radius 3 is 3.36 bits per heavy atom. The predicted molar refractivity (Wildman–Crippen MR) is 54.6 cm³/mol. The van der Waals surface area contributed by atoms with Crippen LogP contribution in [0.2, 0.25) is 0 Å². The molecule has 0 saturated carbocycles. The molecule has 1 saturated heterocycles. The summed E-state index contributed by atoms with van der Waals surface area (Å²) in [6.07, 6.45) is 11.6. The van der Waals surface area contributed by atoms with Gasteiger partial charge in [0.25, 0.3) is 0 Å². The summed E-state index contributed by atoms with van der Waals surface area (Å²) >= 11 is 0. The first kappa shape index (κ1) is 8.37. The van der Waals surface area contributed by atoms with Crippen molar-refractivity contribution in [3.05, 3.63) is 35.5 Å². The van der Waals surface area contributed by atoms with Crippen LogP contribution in [0.5, 0.6) is 0 Å². The first-order chi connectivity index (χ1) is 6.87. The molecule has 2 aliphatic heterocycles. The molecule has 72 valence electrons. The molecule has 0 aromatic carbocycles. The van der Waals surface area contributed by atoms with E-state index in [2.05, 4.69) is 23.1 Å². The number of hydrogen-bond donors (Lipinski definition) is 1. The van der Waals surface area contributed by atoms with E-state index in [4.69, 9.17) is 0 Å². The summed E-state index contributed by atoms with van der Waals surface area (Å²) in [6.45, 7) is 2.37. The van der Waals surface area contributed by atoms with Gasteiger partial charge in [-0.2, -0.15) is 0 Å². The predicted octanol–water partition coefficient (Wildman–Crippen LogP) is 1.05. The van der Waals surface area contributed by atoms with E-state index in [0.717, 1.165) is 19.5 Å². The van der Waals surface area contributed by atoms with Gasteiger partial charge in [0.2, 0.25) is 0 Å². The summed E-state index contributed by atoms with van der Waals surface area (Å²) < 4.78 is 0. The van der Waals surface area contributed by atoms with Crippen LogP contribution >= 0.6 is 0 Å². The zero-order valence-electron chi connectivity index (χ0n) is 8.16. The van der Waals surface area contributed by atoms with Crippen LogP contribution in [0.3, 0.4) is 0 Å². The molecule has 2 heteroatoms. The molecule has 14 heavy (non-hydrogen) atoms. The van der Waals surface area contributed by atoms with E-state index in [1.807, 2.05) is 6.08 Å². The maximum atomic E-state index is 9.62. The maximum absolute atomic E-state index is 9.62. The topological polar surface area (TPSA) is 23.5 Å². The molecule has 2 nitrogen and oxygen atoms in total. The molecule has 3 rings (SSSR count). The molecule has 1 fully saturated rings. The Kier molecular flexibility index (Phi) is 1.65. The standard InChI is InChI=1S/C12H14NO/c14-9-12-6-3-7-13(12)8-10-4-1-2-5-11(10)12/h2,4-5,14H,3,6-9H2/q+1/t12-/m1/s1. The molecule has 2 heterocycles. The first-order valence-electron chi connectivity index (χ1n) is 5.22. The molecule has 1 atom stereocenters. The molecule has 0 bridgehead atoms. The molecule has 0 amide bonds. The SMILES string of the molecule is OC[C@@]12CCCN1CC1=C2C=C[C+]=C1. The second kappa shape index (κ2) is 2.77. The molecule has 1 N–H and O–H groups in total. The van der Waals surface area contributed by atoms with E-state index >= 15 is 0 Å². The van der Waals surface area contributed by atoms with E-state index in [1.165, 1.54) is 17.6 Å². The molecule has 3 aliphatic rings. The van der Waals surface area contributed by atoms with E-state index in [1.54, 1.807) is 0 Å². The smallest absolute Gasteiger partial charge is 0.107 e. The summed E-state index contributed by atoms with van der Waals surface area (Å²) in [7, 11) is 0. The fraction of sp³-hybridized carbons (Fsp3) is 0.500. The monoisotopic (exact) mass is 188 g/mol. The zero-order valence-corrected chi connectivity index (χ0v) is 8.16. The van der Waals surface area contributed by atoms with Gasteiger partial charge in [0, 0.05) is 12.6 Å². The van der Waals surface area contributed by atoms with Gasteiger partial charge in [-0.05, 0) is 12.8 Å². The quantitative estimate of drug-likeness (QED) is 0.622. The minimum atomic E-state index is -0.0512. The largest absolute Gasteiger partial charge is 0.394 e. The van der Waals surface area contributed by atoms with Crippen LogP contribution in [0.25, 0.3) is 0 Å². The number of allylic oxidation sites excluding steroid dienone is 2. The van der Waals surface area contributed by atoms with E-state index in [9.17, 15) is 5.11 Å². The average Bonchev–Trinajstić information content (AvgIpc) is 2.73. The normalized spacial score (nSPS) is 34.6. The molecule has 0 radical (unpaired) electrons. The zero-order chi connectivity index (χ0) is 9.60. The lowest BCUT2D eigenvalue weighted by atomic mass is 9.86. The lowest BCUT2D eigenvalue weighted by Crippen LogP contribution is -2.44. The van der Waals surface area contributed by atoms with Crippen LogP contribution < -0.4 is 0 Å². The third-order valence-electron chi connectivity index (χ3n) is 3.70. The van der Waals surface area contributed by atoms with Crippen LogP contribution in [0.15, 0.2) is 29.4 Å². The lowest BCUT2D eigenvalue weighted by Gasteiger charge is -2.29. The van der Waals surface area contributed by atoms with Gasteiger partial charge in [0.05, 0.1) is 35.9 Å². The van der Waals surface area contributed by atoms with Crippen molar-refractivity contribution >= 4 is 0 Å². The van der Waals surface area contributed by atoms with Crippen molar-refractivity contribution in [3.8, 4) is 0 Å². The fourth-order valence-electron chi connectivity index (χ4n) is 2.99. The molecular weight excluding hydrogens is 174 g/mol. The minimum absolute atomic E-state index is 0.0512. The first-order valence-corrected chi connectivity index (χ1v) is 5.22. The molecule has 0 aromatic rings. The summed E-state index contributed by atoms with van der Waals surface area (Å²) in [5.41, 5.74) is 2.63. The van der Waals surface area contributed by atoms with Gasteiger partial charge in [-0.3, -0.25) is 4.90 Å². The Morgan fingerprint density at radius 2 is 2.50 bits per heavy atom. The van der Waals surface area contributed by atoms with Crippen molar-refractivity contribution in [3.63, 3.8) is 0 Å². The van der Waals surface area contributed by atoms with Gasteiger partial charge in [-0.15, -0.1) is 0 Å². The Bertz CT molecular complexity index is 353. The van der Waals surface area contributed by atoms with Gasteiger partial charge in [0.1, 0.15) is 12.2 Å². The molecule has 1 aliphatic carbocycles. The Hall–Kier alpha value is -0.950. The highest BCUT2D eigenvalue weighted by molar-refractivity contribution is 5.50. The summed E-state index contributed by atoms with van der Waals surface area (Å²) in [6, 6.07) is 0. The highest BCUT2D eigenvalue weighted by Gasteiger charge is 2.52. The van der Waals surface area contributed by atoms with E-state index in [0.29, 0.717) is 0 Å². The Morgan fingerprint density at radius 1 is 1.57 bits per heavy atom. The average molecular weight is 188 g/mol. The molecule has 0 aromatic heterocycles. The Balaban J connectivity index is 2.10. The molecule has 0 unspecified atom stereocenters. The minimum Gasteiger partial charge on any atom is -0.394 e. The second-order valence-electron chi connectivity index (χ2n) is 4.30. The van der Waals surface area contributed by atoms with Crippen molar-refractivity contribution < 1.29 is 5.11 Å². The summed E-state index contributed by atoms with van der Waals surface area (Å²) in [5, 5.41) is 9.62. The molecular formula is C12H14NO+. The van der Waals surface area contributed by atoms with Crippen LogP contribution in [0, 0.1) is 6.08 Å². The summed E-state index contributed by atoms with van der Waals surface area (Å²) in [5.74, 6) is 0. The van der Waals surface area contributed by atoms with Crippen LogP contribution in [0.4, 0.5) is 0 Å². The van der Waals surface area contributed by atoms with Crippen LogP contribution in [0.1, 0.15) is 12.8 Å². The maximum Gasteiger partial charge on any atom is 0.107 e. The second-order valence-corrected chi connectivity index (χ2v) is 4.30. The number of aliphatic hydroxyl groups is 1. The van der Waals surface area contributed by atoms with Crippen LogP contribution in [-0.4, -0.2) is 35.2 Å². The van der Waals surface area contributed by atoms with Crippen molar-refractivity contribution in [2.75, 3.05) is 19.7 Å². The fourth-order valence-corrected chi connectivity index (χ4v) is 2.99. The van der Waals surface area contributed by atoms with E-state index < -0.39 is 0 Å². The van der Waals surface area contributed by atoms with Crippen molar-refractivity contribution in [1.82, 2.24) is 4.90 Å². The number of aliphatic hydroxyl groups excluding tert-OH is 1. The van der Waals surface area contributed by atoms with E-state index in [-0.39, 0.29) is 12.1 Å². The van der Waals surface area contributed by atoms with Crippen molar-refractivity contribution in [2.24, 2.45) is 0 Å². The lowest BCUT2D eigenvalue weighted by molar-refractivity contribution is 0.118. The van der Waals surface area contributed by atoms with Gasteiger partial charge in [-0.1, -0.05) is 0 Å². The Labute approximate surface area is 84.2 Å². The molecule has 0 spiro atoms. The third-order valence-corrected chi connectivity index (χ3v) is 3.70. The number of rotatable bonds is 1. The summed E-state index contributed by atoms with van der Waals surface area (Å²) in [4.78, 5) is 2.41. The number of hydrogen-bond acceptors (Lipinski definition) is 2. The van der Waals surface area contributed by atoms with Gasteiger partial charge < -0.3 is 5.11 Å².